The first-order chi connectivity index (χ1) is 21.7. The molecule has 1 spiro atoms. The van der Waals surface area contributed by atoms with Crippen LogP contribution in [0.3, 0.4) is 0 Å². The second-order valence-electron chi connectivity index (χ2n) is 14.8. The van der Waals surface area contributed by atoms with Crippen molar-refractivity contribution in [2.45, 2.75) is 87.3 Å². The Hall–Kier alpha value is -2.75. The van der Waals surface area contributed by atoms with Crippen molar-refractivity contribution in [2.24, 2.45) is 4.99 Å². The van der Waals surface area contributed by atoms with Crippen molar-refractivity contribution < 1.29 is 18.6 Å². The van der Waals surface area contributed by atoms with Crippen molar-refractivity contribution in [3.63, 3.8) is 0 Å². The quantitative estimate of drug-likeness (QED) is 0.491. The summed E-state index contributed by atoms with van der Waals surface area (Å²) in [6.07, 6.45) is 3.92. The summed E-state index contributed by atoms with van der Waals surface area (Å²) in [4.78, 5) is 12.4. The van der Waals surface area contributed by atoms with Gasteiger partial charge in [0, 0.05) is 73.6 Å². The van der Waals surface area contributed by atoms with Crippen molar-refractivity contribution in [2.75, 3.05) is 71.4 Å². The molecule has 3 N–H and O–H groups in total. The van der Waals surface area contributed by atoms with Crippen LogP contribution in [0, 0.1) is 11.3 Å². The van der Waals surface area contributed by atoms with E-state index in [4.69, 9.17) is 24.9 Å². The molecule has 5 atom stereocenters. The van der Waals surface area contributed by atoms with Crippen molar-refractivity contribution in [1.29, 1.82) is 5.26 Å². The molecule has 1 unspecified atom stereocenters. The highest BCUT2D eigenvalue weighted by Gasteiger charge is 2.53. The minimum absolute atomic E-state index is 0.0731. The third-order valence-corrected chi connectivity index (χ3v) is 12.0. The third-order valence-electron chi connectivity index (χ3n) is 12.0. The number of ether oxygens (including phenoxy) is 3. The summed E-state index contributed by atoms with van der Waals surface area (Å²) in [5, 5.41) is 13.8. The average Bonchev–Trinajstić information content (AvgIpc) is 3.56. The molecule has 4 saturated heterocycles. The number of likely N-dealkylation sites (tertiary alicyclic amines) is 1. The van der Waals surface area contributed by atoms with E-state index in [1.54, 1.807) is 0 Å². The van der Waals surface area contributed by atoms with Gasteiger partial charge in [-0.3, -0.25) is 14.7 Å². The van der Waals surface area contributed by atoms with Crippen LogP contribution in [0.5, 0.6) is 0 Å². The average molecular weight is 620 g/mol. The molecule has 6 heterocycles. The number of amidine groups is 1. The molecule has 1 aromatic rings. The Morgan fingerprint density at radius 3 is 2.82 bits per heavy atom. The number of halogens is 1. The minimum atomic E-state index is -0.804. The smallest absolute Gasteiger partial charge is 0.290 e. The first kappa shape index (κ1) is 29.6. The predicted octanol–water partition coefficient (Wildman–Crippen LogP) is 3.19. The highest BCUT2D eigenvalue weighted by atomic mass is 19.1. The Morgan fingerprint density at radius 1 is 1.20 bits per heavy atom. The number of nitriles is 1. The Kier molecular flexibility index (Phi) is 7.19. The summed E-state index contributed by atoms with van der Waals surface area (Å²) < 4.78 is 33.6. The molecular formula is C34H46FN7O3. The fourth-order valence-electron chi connectivity index (χ4n) is 9.50. The summed E-state index contributed by atoms with van der Waals surface area (Å²) in [5.74, 6) is 0.322. The molecule has 4 fully saturated rings. The number of alkyl halides is 1. The van der Waals surface area contributed by atoms with Crippen LogP contribution in [-0.2, 0) is 19.8 Å². The molecule has 45 heavy (non-hydrogen) atoms. The fourth-order valence-corrected chi connectivity index (χ4v) is 9.50. The Morgan fingerprint density at radius 2 is 2.02 bits per heavy atom. The number of nitrogens with two attached hydrogens (primary N) is 1. The molecule has 1 aliphatic carbocycles. The number of nitrogen functional groups attached to an aromatic ring is 1. The van der Waals surface area contributed by atoms with E-state index < -0.39 is 11.8 Å². The third kappa shape index (κ3) is 4.78. The van der Waals surface area contributed by atoms with E-state index in [-0.39, 0.29) is 17.2 Å². The number of hydrogen-bond acceptors (Lipinski definition) is 10. The summed E-state index contributed by atoms with van der Waals surface area (Å²) >= 11 is 0. The van der Waals surface area contributed by atoms with Gasteiger partial charge in [0.15, 0.2) is 0 Å². The number of rotatable bonds is 4. The van der Waals surface area contributed by atoms with Gasteiger partial charge in [-0.05, 0) is 56.7 Å². The second kappa shape index (κ2) is 10.9. The molecule has 1 aromatic carbocycles. The van der Waals surface area contributed by atoms with E-state index in [0.717, 1.165) is 94.0 Å². The van der Waals surface area contributed by atoms with E-state index in [9.17, 15) is 9.65 Å². The molecule has 0 bridgehead atoms. The molecule has 6 aliphatic heterocycles. The summed E-state index contributed by atoms with van der Waals surface area (Å²) in [6.45, 7) is 12.1. The molecule has 0 aromatic heterocycles. The van der Waals surface area contributed by atoms with Crippen LogP contribution in [0.25, 0.3) is 0 Å². The standard InChI is InChI=1S/C34H46FN7O3/c1-22-6-8-34(29-24(22)4-5-27(37)25(29)16-36)15-28-26(18-45-34)30(40-19-32(2,20-40)41-10-12-43-13-11-41)39-31(38-28)44-21-33-7-3-9-42(33)17-23(35)14-33/h4-5,22-23,30H,3,6-15,17-21,37H2,1-2H3,(H,38,39)/t22-,23+,30?,33-,34-/m0/s1. The van der Waals surface area contributed by atoms with E-state index in [1.807, 2.05) is 6.07 Å². The number of morpholine rings is 1. The van der Waals surface area contributed by atoms with Gasteiger partial charge in [-0.1, -0.05) is 13.0 Å². The monoisotopic (exact) mass is 619 g/mol. The van der Waals surface area contributed by atoms with Gasteiger partial charge in [0.05, 0.1) is 30.9 Å². The number of hydrogen-bond donors (Lipinski definition) is 2. The normalized spacial score (nSPS) is 36.4. The number of benzene rings is 1. The second-order valence-corrected chi connectivity index (χ2v) is 14.8. The molecule has 242 valence electrons. The number of fused-ring (bicyclic) bond motifs is 3. The first-order valence-electron chi connectivity index (χ1n) is 16.9. The Labute approximate surface area is 265 Å². The zero-order valence-electron chi connectivity index (χ0n) is 26.6. The molecule has 0 radical (unpaired) electrons. The van der Waals surface area contributed by atoms with Crippen molar-refractivity contribution in [1.82, 2.24) is 20.0 Å². The van der Waals surface area contributed by atoms with Crippen molar-refractivity contribution in [3.05, 3.63) is 40.1 Å². The lowest BCUT2D eigenvalue weighted by Gasteiger charge is -2.57. The van der Waals surface area contributed by atoms with Crippen LogP contribution in [0.2, 0.25) is 0 Å². The molecule has 7 aliphatic rings. The Balaban J connectivity index is 1.10. The van der Waals surface area contributed by atoms with Gasteiger partial charge in [0.2, 0.25) is 0 Å². The molecule has 0 amide bonds. The fraction of sp³-hybridized carbons (Fsp3) is 0.706. The zero-order valence-corrected chi connectivity index (χ0v) is 26.6. The van der Waals surface area contributed by atoms with Crippen molar-refractivity contribution in [3.8, 4) is 6.07 Å². The van der Waals surface area contributed by atoms with Crippen LogP contribution in [0.1, 0.15) is 75.0 Å². The van der Waals surface area contributed by atoms with Gasteiger partial charge in [-0.25, -0.2) is 9.38 Å². The summed E-state index contributed by atoms with van der Waals surface area (Å²) in [5.41, 5.74) is 10.9. The predicted molar refractivity (Wildman–Crippen MR) is 168 cm³/mol. The lowest BCUT2D eigenvalue weighted by Crippen LogP contribution is -2.72. The Bertz CT molecular complexity index is 1460. The molecule has 11 heteroatoms. The van der Waals surface area contributed by atoms with E-state index >= 15 is 0 Å². The van der Waals surface area contributed by atoms with Crippen LogP contribution < -0.4 is 11.1 Å². The number of nitrogens with zero attached hydrogens (tertiary/aromatic N) is 5. The molecular weight excluding hydrogens is 573 g/mol. The first-order valence-corrected chi connectivity index (χ1v) is 16.9. The van der Waals surface area contributed by atoms with E-state index in [0.29, 0.717) is 55.8 Å². The summed E-state index contributed by atoms with van der Waals surface area (Å²) in [6, 6.07) is 6.86. The highest BCUT2D eigenvalue weighted by Crippen LogP contribution is 2.52. The summed E-state index contributed by atoms with van der Waals surface area (Å²) in [7, 11) is 0. The maximum Gasteiger partial charge on any atom is 0.290 e. The van der Waals surface area contributed by atoms with E-state index in [1.165, 1.54) is 0 Å². The largest absolute Gasteiger partial charge is 0.463 e. The SMILES string of the molecule is C[C@H]1CC[C@]2(CC3=C(CO2)C(N2CC(C)(N4CCOCC4)C2)N=C(OC[C@@]24CCCN2C[C@H](F)C4)N3)c2c1ccc(N)c2C#N. The topological polar surface area (TPSA) is 112 Å². The van der Waals surface area contributed by atoms with Crippen LogP contribution in [0.15, 0.2) is 28.4 Å². The van der Waals surface area contributed by atoms with Crippen LogP contribution >= 0.6 is 0 Å². The lowest BCUT2D eigenvalue weighted by atomic mass is 9.69. The van der Waals surface area contributed by atoms with Gasteiger partial charge in [-0.2, -0.15) is 5.26 Å². The van der Waals surface area contributed by atoms with Gasteiger partial charge in [-0.15, -0.1) is 0 Å². The zero-order chi connectivity index (χ0) is 31.0. The molecule has 8 rings (SSSR count). The van der Waals surface area contributed by atoms with Crippen LogP contribution in [0.4, 0.5) is 10.1 Å². The maximum absolute atomic E-state index is 14.6. The minimum Gasteiger partial charge on any atom is -0.463 e. The van der Waals surface area contributed by atoms with E-state index in [2.05, 4.69) is 46.0 Å². The number of nitrogens with one attached hydrogen (secondary N) is 1. The molecule has 0 saturated carbocycles. The van der Waals surface area contributed by atoms with Crippen LogP contribution in [-0.4, -0.2) is 110 Å². The number of aliphatic imine (C=N–C) groups is 1. The van der Waals surface area contributed by atoms with Crippen molar-refractivity contribution >= 4 is 11.7 Å². The lowest BCUT2D eigenvalue weighted by molar-refractivity contribution is -0.103. The number of anilines is 1. The van der Waals surface area contributed by atoms with Gasteiger partial charge < -0.3 is 25.3 Å². The van der Waals surface area contributed by atoms with Gasteiger partial charge in [0.25, 0.3) is 6.02 Å². The maximum atomic E-state index is 14.6. The molecule has 10 nitrogen and oxygen atoms in total. The van der Waals surface area contributed by atoms with Gasteiger partial charge >= 0.3 is 0 Å². The highest BCUT2D eigenvalue weighted by molar-refractivity contribution is 5.78. The van der Waals surface area contributed by atoms with Gasteiger partial charge in [0.1, 0.15) is 30.6 Å².